The molecule has 4 heteroatoms. The van der Waals surface area contributed by atoms with Crippen molar-refractivity contribution in [1.29, 1.82) is 0 Å². The number of benzene rings is 1. The lowest BCUT2D eigenvalue weighted by atomic mass is 10.3. The molecule has 0 radical (unpaired) electrons. The van der Waals surface area contributed by atoms with Crippen LogP contribution in [0.5, 0.6) is 11.5 Å². The molecule has 0 amide bonds. The fourth-order valence-electron chi connectivity index (χ4n) is 0.950. The van der Waals surface area contributed by atoms with E-state index in [1.807, 2.05) is 6.07 Å². The van der Waals surface area contributed by atoms with Crippen molar-refractivity contribution in [2.45, 2.75) is 4.90 Å². The molecule has 1 rings (SSSR count). The zero-order chi connectivity index (χ0) is 9.68. The zero-order valence-electron chi connectivity index (χ0n) is 7.62. The van der Waals surface area contributed by atoms with Crippen LogP contribution in [0.4, 0.5) is 0 Å². The zero-order valence-corrected chi connectivity index (χ0v) is 8.43. The molecule has 1 aromatic rings. The largest absolute Gasteiger partial charge is 0.504 e. The maximum atomic E-state index is 9.44. The summed E-state index contributed by atoms with van der Waals surface area (Å²) < 4.78 is 4.93. The maximum Gasteiger partial charge on any atom is 0.160 e. The van der Waals surface area contributed by atoms with Crippen LogP contribution in [0, 0.1) is 0 Å². The van der Waals surface area contributed by atoms with Crippen molar-refractivity contribution in [3.63, 3.8) is 0 Å². The van der Waals surface area contributed by atoms with Gasteiger partial charge in [0.2, 0.25) is 0 Å². The van der Waals surface area contributed by atoms with Crippen LogP contribution in [0.1, 0.15) is 0 Å². The number of thioether (sulfide) groups is 1. The Labute approximate surface area is 81.9 Å². The molecule has 0 aliphatic carbocycles. The third-order valence-electron chi connectivity index (χ3n) is 1.56. The smallest absolute Gasteiger partial charge is 0.160 e. The minimum Gasteiger partial charge on any atom is -0.504 e. The van der Waals surface area contributed by atoms with Crippen LogP contribution in [0.3, 0.4) is 0 Å². The summed E-state index contributed by atoms with van der Waals surface area (Å²) in [5, 5.41) is 9.44. The lowest BCUT2D eigenvalue weighted by Gasteiger charge is -2.04. The average Bonchev–Trinajstić information content (AvgIpc) is 2.15. The molecule has 0 saturated heterocycles. The fourth-order valence-corrected chi connectivity index (χ4v) is 1.69. The molecule has 0 spiro atoms. The lowest BCUT2D eigenvalue weighted by Crippen LogP contribution is -2.51. The number of phenols is 1. The number of hydrogen-bond acceptors (Lipinski definition) is 3. The third-order valence-corrected chi connectivity index (χ3v) is 2.64. The highest BCUT2D eigenvalue weighted by molar-refractivity contribution is 7.99. The molecule has 0 aliphatic rings. The van der Waals surface area contributed by atoms with Crippen molar-refractivity contribution < 1.29 is 15.6 Å². The first-order valence-corrected chi connectivity index (χ1v) is 5.05. The molecule has 0 atom stereocenters. The summed E-state index contributed by atoms with van der Waals surface area (Å²) in [6.45, 7) is 0.886. The minimum atomic E-state index is 0.191. The molecule has 0 bridgehead atoms. The molecule has 0 unspecified atom stereocenters. The van der Waals surface area contributed by atoms with E-state index in [0.717, 1.165) is 17.2 Å². The molecule has 0 aromatic heterocycles. The molecular weight excluding hydrogens is 186 g/mol. The van der Waals surface area contributed by atoms with Gasteiger partial charge in [-0.3, -0.25) is 0 Å². The van der Waals surface area contributed by atoms with E-state index in [1.165, 1.54) is 7.11 Å². The van der Waals surface area contributed by atoms with E-state index in [2.05, 4.69) is 5.73 Å². The monoisotopic (exact) mass is 200 g/mol. The molecule has 0 aliphatic heterocycles. The number of aromatic hydroxyl groups is 1. The van der Waals surface area contributed by atoms with E-state index < -0.39 is 0 Å². The fraction of sp³-hybridized carbons (Fsp3) is 0.333. The summed E-state index contributed by atoms with van der Waals surface area (Å²) in [6.07, 6.45) is 0. The van der Waals surface area contributed by atoms with Crippen molar-refractivity contribution in [1.82, 2.24) is 0 Å². The number of hydrogen-bond donors (Lipinski definition) is 2. The van der Waals surface area contributed by atoms with E-state index in [0.29, 0.717) is 5.75 Å². The molecule has 13 heavy (non-hydrogen) atoms. The molecule has 0 heterocycles. The van der Waals surface area contributed by atoms with Gasteiger partial charge in [0.1, 0.15) is 0 Å². The number of quaternary nitrogens is 1. The maximum absolute atomic E-state index is 9.44. The van der Waals surface area contributed by atoms with Crippen molar-refractivity contribution in [2.75, 3.05) is 19.4 Å². The van der Waals surface area contributed by atoms with Crippen LogP contribution >= 0.6 is 11.8 Å². The van der Waals surface area contributed by atoms with Crippen LogP contribution in [0.15, 0.2) is 23.1 Å². The Morgan fingerprint density at radius 1 is 1.54 bits per heavy atom. The first kappa shape index (κ1) is 10.2. The quantitative estimate of drug-likeness (QED) is 0.705. The SMILES string of the molecule is COc1ccc(SCC[NH3+])cc1O. The lowest BCUT2D eigenvalue weighted by molar-refractivity contribution is -0.360. The second-order valence-corrected chi connectivity index (χ2v) is 3.70. The minimum absolute atomic E-state index is 0.191. The van der Waals surface area contributed by atoms with E-state index in [4.69, 9.17) is 4.74 Å². The van der Waals surface area contributed by atoms with E-state index >= 15 is 0 Å². The molecule has 0 fully saturated rings. The number of rotatable bonds is 4. The van der Waals surface area contributed by atoms with Crippen molar-refractivity contribution in [2.24, 2.45) is 0 Å². The Morgan fingerprint density at radius 3 is 2.85 bits per heavy atom. The predicted octanol–water partition coefficient (Wildman–Crippen LogP) is 0.735. The molecular formula is C9H14NO2S+. The van der Waals surface area contributed by atoms with E-state index in [9.17, 15) is 5.11 Å². The van der Waals surface area contributed by atoms with E-state index in [-0.39, 0.29) is 5.75 Å². The highest BCUT2D eigenvalue weighted by atomic mass is 32.2. The summed E-state index contributed by atoms with van der Waals surface area (Å²) in [5.41, 5.74) is 3.75. The van der Waals surface area contributed by atoms with Gasteiger partial charge in [0, 0.05) is 10.6 Å². The van der Waals surface area contributed by atoms with Crippen molar-refractivity contribution in [3.05, 3.63) is 18.2 Å². The van der Waals surface area contributed by atoms with Crippen LogP contribution in [0.2, 0.25) is 0 Å². The van der Waals surface area contributed by atoms with Crippen LogP contribution < -0.4 is 10.5 Å². The topological polar surface area (TPSA) is 57.1 Å². The predicted molar refractivity (Wildman–Crippen MR) is 53.1 cm³/mol. The Kier molecular flexibility index (Phi) is 3.92. The molecule has 0 saturated carbocycles. The summed E-state index contributed by atoms with van der Waals surface area (Å²) in [6, 6.07) is 5.40. The Hall–Kier alpha value is -0.870. The van der Waals surface area contributed by atoms with Gasteiger partial charge < -0.3 is 15.6 Å². The summed E-state index contributed by atoms with van der Waals surface area (Å²) in [4.78, 5) is 1.04. The van der Waals surface area contributed by atoms with Gasteiger partial charge in [-0.2, -0.15) is 0 Å². The third kappa shape index (κ3) is 2.82. The Bertz CT molecular complexity index is 278. The molecule has 72 valence electrons. The van der Waals surface area contributed by atoms with Gasteiger partial charge in [-0.25, -0.2) is 0 Å². The molecule has 3 nitrogen and oxygen atoms in total. The van der Waals surface area contributed by atoms with E-state index in [1.54, 1.807) is 23.9 Å². The number of methoxy groups -OCH3 is 1. The van der Waals surface area contributed by atoms with Gasteiger partial charge in [0.05, 0.1) is 13.7 Å². The summed E-state index contributed by atoms with van der Waals surface area (Å²) in [7, 11) is 1.54. The van der Waals surface area contributed by atoms with Crippen LogP contribution in [-0.2, 0) is 0 Å². The van der Waals surface area contributed by atoms with Gasteiger partial charge >= 0.3 is 0 Å². The van der Waals surface area contributed by atoms with Gasteiger partial charge in [-0.15, -0.1) is 11.8 Å². The van der Waals surface area contributed by atoms with Crippen LogP contribution in [-0.4, -0.2) is 24.5 Å². The average molecular weight is 200 g/mol. The molecule has 1 aromatic carbocycles. The highest BCUT2D eigenvalue weighted by Gasteiger charge is 2.02. The highest BCUT2D eigenvalue weighted by Crippen LogP contribution is 2.30. The van der Waals surface area contributed by atoms with Gasteiger partial charge in [0.15, 0.2) is 11.5 Å². The first-order chi connectivity index (χ1) is 6.27. The second kappa shape index (κ2) is 4.99. The summed E-state index contributed by atoms with van der Waals surface area (Å²) >= 11 is 1.68. The van der Waals surface area contributed by atoms with Crippen molar-refractivity contribution in [3.8, 4) is 11.5 Å². The normalized spacial score (nSPS) is 10.0. The van der Waals surface area contributed by atoms with Crippen molar-refractivity contribution >= 4 is 11.8 Å². The Morgan fingerprint density at radius 2 is 2.31 bits per heavy atom. The number of ether oxygens (including phenoxy) is 1. The first-order valence-electron chi connectivity index (χ1n) is 4.07. The molecule has 4 N–H and O–H groups in total. The van der Waals surface area contributed by atoms with Gasteiger partial charge in [0.25, 0.3) is 0 Å². The summed E-state index contributed by atoms with van der Waals surface area (Å²) in [5.74, 6) is 1.67. The van der Waals surface area contributed by atoms with Gasteiger partial charge in [-0.1, -0.05) is 0 Å². The number of phenolic OH excluding ortho intramolecular Hbond substituents is 1. The van der Waals surface area contributed by atoms with Gasteiger partial charge in [-0.05, 0) is 18.2 Å². The standard InChI is InChI=1S/C9H13NO2S/c1-12-9-3-2-7(6-8(9)11)13-5-4-10/h2-3,6,11H,4-5,10H2,1H3/p+1. The second-order valence-electron chi connectivity index (χ2n) is 2.54. The Balaban J connectivity index is 2.71. The van der Waals surface area contributed by atoms with Crippen LogP contribution in [0.25, 0.3) is 0 Å².